The zero-order valence-electron chi connectivity index (χ0n) is 9.84. The maximum Gasteiger partial charge on any atom is 0.342 e. The summed E-state index contributed by atoms with van der Waals surface area (Å²) in [5.74, 6) is -1.11. The molecule has 0 radical (unpaired) electrons. The summed E-state index contributed by atoms with van der Waals surface area (Å²) >= 11 is 5.81. The van der Waals surface area contributed by atoms with E-state index in [0.29, 0.717) is 5.02 Å². The van der Waals surface area contributed by atoms with Gasteiger partial charge in [0.05, 0.1) is 0 Å². The van der Waals surface area contributed by atoms with Crippen molar-refractivity contribution in [2.24, 2.45) is 0 Å². The molecule has 98 valence electrons. The van der Waals surface area contributed by atoms with Gasteiger partial charge < -0.3 is 14.9 Å². The van der Waals surface area contributed by atoms with Gasteiger partial charge in [0.15, 0.2) is 0 Å². The molecule has 0 heterocycles. The second-order valence-electron chi connectivity index (χ2n) is 3.91. The number of hydrogen-bond acceptors (Lipinski definition) is 4. The van der Waals surface area contributed by atoms with E-state index in [9.17, 15) is 9.90 Å². The molecule has 4 nitrogen and oxygen atoms in total. The van der Waals surface area contributed by atoms with Gasteiger partial charge in [0.2, 0.25) is 0 Å². The maximum atomic E-state index is 11.7. The van der Waals surface area contributed by atoms with Gasteiger partial charge >= 0.3 is 5.97 Å². The minimum atomic E-state index is -0.669. The highest BCUT2D eigenvalue weighted by atomic mass is 35.5. The van der Waals surface area contributed by atoms with Crippen LogP contribution in [0.1, 0.15) is 15.9 Å². The number of esters is 1. The standard InChI is InChI=1S/C14H11ClO4/c15-10-3-1-2-9(6-10)8-19-14(18)12-5-4-11(16)7-13(12)17/h1-7,16-17H,8H2. The normalized spacial score (nSPS) is 10.2. The van der Waals surface area contributed by atoms with Crippen LogP contribution >= 0.6 is 11.6 Å². The lowest BCUT2D eigenvalue weighted by molar-refractivity contribution is 0.0469. The van der Waals surface area contributed by atoms with Gasteiger partial charge in [0.25, 0.3) is 0 Å². The summed E-state index contributed by atoms with van der Waals surface area (Å²) in [4.78, 5) is 11.7. The largest absolute Gasteiger partial charge is 0.508 e. The van der Waals surface area contributed by atoms with Crippen LogP contribution in [0.15, 0.2) is 42.5 Å². The predicted octanol–water partition coefficient (Wildman–Crippen LogP) is 3.11. The fraction of sp³-hybridized carbons (Fsp3) is 0.0714. The van der Waals surface area contributed by atoms with Crippen molar-refractivity contribution < 1.29 is 19.7 Å². The summed E-state index contributed by atoms with van der Waals surface area (Å²) in [6.07, 6.45) is 0. The Bertz CT molecular complexity index is 610. The van der Waals surface area contributed by atoms with Crippen LogP contribution in [0, 0.1) is 0 Å². The number of carbonyl (C=O) groups excluding carboxylic acids is 1. The summed E-state index contributed by atoms with van der Waals surface area (Å²) in [5.41, 5.74) is 0.749. The Labute approximate surface area is 114 Å². The Hall–Kier alpha value is -2.20. The summed E-state index contributed by atoms with van der Waals surface area (Å²) in [7, 11) is 0. The first kappa shape index (κ1) is 13.2. The van der Waals surface area contributed by atoms with Crippen LogP contribution in [-0.2, 0) is 11.3 Å². The lowest BCUT2D eigenvalue weighted by Gasteiger charge is -2.07. The molecule has 0 aliphatic rings. The molecular weight excluding hydrogens is 268 g/mol. The average molecular weight is 279 g/mol. The number of rotatable bonds is 3. The Morgan fingerprint density at radius 3 is 2.63 bits per heavy atom. The highest BCUT2D eigenvalue weighted by Gasteiger charge is 2.13. The minimum Gasteiger partial charge on any atom is -0.508 e. The van der Waals surface area contributed by atoms with E-state index in [1.807, 2.05) is 0 Å². The second kappa shape index (κ2) is 5.63. The van der Waals surface area contributed by atoms with Crippen LogP contribution in [-0.4, -0.2) is 16.2 Å². The first-order chi connectivity index (χ1) is 9.06. The minimum absolute atomic E-state index is 0.000159. The van der Waals surface area contributed by atoms with Crippen molar-refractivity contribution in [1.29, 1.82) is 0 Å². The van der Waals surface area contributed by atoms with Crippen LogP contribution < -0.4 is 0 Å². The van der Waals surface area contributed by atoms with Gasteiger partial charge in [0.1, 0.15) is 23.7 Å². The summed E-state index contributed by atoms with van der Waals surface area (Å²) in [6, 6.07) is 10.6. The van der Waals surface area contributed by atoms with Gasteiger partial charge in [-0.25, -0.2) is 4.79 Å². The molecule has 2 N–H and O–H groups in total. The molecule has 0 aromatic heterocycles. The monoisotopic (exact) mass is 278 g/mol. The van der Waals surface area contributed by atoms with Gasteiger partial charge in [0, 0.05) is 11.1 Å². The van der Waals surface area contributed by atoms with Crippen LogP contribution in [0.3, 0.4) is 0 Å². The molecule has 0 saturated heterocycles. The molecule has 2 aromatic carbocycles. The predicted molar refractivity (Wildman–Crippen MR) is 70.3 cm³/mol. The highest BCUT2D eigenvalue weighted by Crippen LogP contribution is 2.23. The molecule has 2 aromatic rings. The Morgan fingerprint density at radius 2 is 1.95 bits per heavy atom. The molecule has 0 unspecified atom stereocenters. The van der Waals surface area contributed by atoms with E-state index in [4.69, 9.17) is 21.4 Å². The molecule has 0 bridgehead atoms. The van der Waals surface area contributed by atoms with E-state index in [1.165, 1.54) is 12.1 Å². The van der Waals surface area contributed by atoms with E-state index in [-0.39, 0.29) is 23.7 Å². The third-order valence-corrected chi connectivity index (χ3v) is 2.70. The van der Waals surface area contributed by atoms with Gasteiger partial charge in [-0.1, -0.05) is 23.7 Å². The lowest BCUT2D eigenvalue weighted by Crippen LogP contribution is -2.05. The van der Waals surface area contributed by atoms with Crippen molar-refractivity contribution in [3.8, 4) is 11.5 Å². The summed E-state index contributed by atoms with van der Waals surface area (Å²) in [5, 5.41) is 19.2. The molecule has 0 spiro atoms. The molecule has 0 atom stereocenters. The molecule has 5 heteroatoms. The van der Waals surface area contributed by atoms with Crippen LogP contribution in [0.5, 0.6) is 11.5 Å². The fourth-order valence-corrected chi connectivity index (χ4v) is 1.76. The topological polar surface area (TPSA) is 66.8 Å². The first-order valence-electron chi connectivity index (χ1n) is 5.50. The average Bonchev–Trinajstić information content (AvgIpc) is 2.36. The molecular formula is C14H11ClO4. The van der Waals surface area contributed by atoms with Gasteiger partial charge in [-0.2, -0.15) is 0 Å². The third kappa shape index (κ3) is 3.39. The fourth-order valence-electron chi connectivity index (χ4n) is 1.55. The SMILES string of the molecule is O=C(OCc1cccc(Cl)c1)c1ccc(O)cc1O. The number of carbonyl (C=O) groups is 1. The van der Waals surface area contributed by atoms with Crippen LogP contribution in [0.2, 0.25) is 5.02 Å². The lowest BCUT2D eigenvalue weighted by atomic mass is 10.2. The molecule has 2 rings (SSSR count). The molecule has 0 fully saturated rings. The third-order valence-electron chi connectivity index (χ3n) is 2.46. The van der Waals surface area contributed by atoms with Crippen LogP contribution in [0.25, 0.3) is 0 Å². The quantitative estimate of drug-likeness (QED) is 0.847. The molecule has 0 aliphatic carbocycles. The van der Waals surface area contributed by atoms with Crippen molar-refractivity contribution in [3.63, 3.8) is 0 Å². The second-order valence-corrected chi connectivity index (χ2v) is 4.34. The van der Waals surface area contributed by atoms with Crippen LogP contribution in [0.4, 0.5) is 0 Å². The number of phenols is 2. The number of halogens is 1. The van der Waals surface area contributed by atoms with E-state index in [1.54, 1.807) is 24.3 Å². The zero-order valence-corrected chi connectivity index (χ0v) is 10.6. The van der Waals surface area contributed by atoms with Gasteiger partial charge in [-0.05, 0) is 29.8 Å². The zero-order chi connectivity index (χ0) is 13.8. The van der Waals surface area contributed by atoms with E-state index in [2.05, 4.69) is 0 Å². The highest BCUT2D eigenvalue weighted by molar-refractivity contribution is 6.30. The number of aromatic hydroxyl groups is 2. The number of benzene rings is 2. The smallest absolute Gasteiger partial charge is 0.342 e. The molecule has 0 aliphatic heterocycles. The Morgan fingerprint density at radius 1 is 1.16 bits per heavy atom. The number of ether oxygens (including phenoxy) is 1. The van der Waals surface area contributed by atoms with Crippen molar-refractivity contribution >= 4 is 17.6 Å². The number of phenolic OH excluding ortho intramolecular Hbond substituents is 2. The van der Waals surface area contributed by atoms with Crippen molar-refractivity contribution in [1.82, 2.24) is 0 Å². The Kier molecular flexibility index (Phi) is 3.92. The molecule has 0 saturated carbocycles. The van der Waals surface area contributed by atoms with E-state index < -0.39 is 5.97 Å². The molecule has 0 amide bonds. The maximum absolute atomic E-state index is 11.7. The summed E-state index contributed by atoms with van der Waals surface area (Å²) < 4.78 is 5.05. The summed E-state index contributed by atoms with van der Waals surface area (Å²) in [6.45, 7) is 0.0553. The number of hydrogen-bond donors (Lipinski definition) is 2. The first-order valence-corrected chi connectivity index (χ1v) is 5.87. The van der Waals surface area contributed by atoms with Gasteiger partial charge in [-0.15, -0.1) is 0 Å². The van der Waals surface area contributed by atoms with E-state index in [0.717, 1.165) is 11.6 Å². The van der Waals surface area contributed by atoms with Crippen molar-refractivity contribution in [2.75, 3.05) is 0 Å². The Balaban J connectivity index is 2.05. The van der Waals surface area contributed by atoms with Gasteiger partial charge in [-0.3, -0.25) is 0 Å². The molecule has 19 heavy (non-hydrogen) atoms. The van der Waals surface area contributed by atoms with Crippen molar-refractivity contribution in [2.45, 2.75) is 6.61 Å². The van der Waals surface area contributed by atoms with E-state index >= 15 is 0 Å². The van der Waals surface area contributed by atoms with Crippen molar-refractivity contribution in [3.05, 3.63) is 58.6 Å².